The van der Waals surface area contributed by atoms with E-state index in [4.69, 9.17) is 17.3 Å². The summed E-state index contributed by atoms with van der Waals surface area (Å²) in [6.45, 7) is 2.87. The maximum atomic E-state index is 9.42. The molecule has 0 amide bonds. The van der Waals surface area contributed by atoms with Gasteiger partial charge in [-0.25, -0.2) is 0 Å². The van der Waals surface area contributed by atoms with E-state index in [1.807, 2.05) is 25.1 Å². The summed E-state index contributed by atoms with van der Waals surface area (Å²) < 4.78 is 0. The number of hydrogen-bond acceptors (Lipinski definition) is 3. The molecule has 1 fully saturated rings. The van der Waals surface area contributed by atoms with Gasteiger partial charge in [-0.15, -0.1) is 0 Å². The SMILES string of the molecule is CC(N)C(c1cccc(Cl)c1)N(CCO)C1CCCC1. The van der Waals surface area contributed by atoms with Crippen molar-refractivity contribution in [2.75, 3.05) is 13.2 Å². The molecule has 1 aromatic rings. The largest absolute Gasteiger partial charge is 0.395 e. The zero-order chi connectivity index (χ0) is 14.5. The number of hydrogen-bond donors (Lipinski definition) is 2. The van der Waals surface area contributed by atoms with E-state index in [1.54, 1.807) is 0 Å². The van der Waals surface area contributed by atoms with Crippen LogP contribution in [0.5, 0.6) is 0 Å². The molecule has 1 aromatic carbocycles. The molecule has 1 aliphatic rings. The van der Waals surface area contributed by atoms with Crippen LogP contribution in [0.1, 0.15) is 44.2 Å². The second-order valence-electron chi connectivity index (χ2n) is 5.76. The molecule has 1 saturated carbocycles. The Morgan fingerprint density at radius 3 is 2.65 bits per heavy atom. The topological polar surface area (TPSA) is 49.5 Å². The van der Waals surface area contributed by atoms with Gasteiger partial charge >= 0.3 is 0 Å². The minimum atomic E-state index is 0.000571. The summed E-state index contributed by atoms with van der Waals surface area (Å²) in [6, 6.07) is 8.57. The molecule has 2 rings (SSSR count). The first-order chi connectivity index (χ1) is 9.63. The maximum absolute atomic E-state index is 9.42. The van der Waals surface area contributed by atoms with Gasteiger partial charge in [-0.1, -0.05) is 36.6 Å². The number of halogens is 1. The molecule has 0 saturated heterocycles. The summed E-state index contributed by atoms with van der Waals surface area (Å²) in [7, 11) is 0. The van der Waals surface area contributed by atoms with E-state index < -0.39 is 0 Å². The molecule has 0 radical (unpaired) electrons. The summed E-state index contributed by atoms with van der Waals surface area (Å²) in [4.78, 5) is 2.38. The number of rotatable bonds is 6. The Labute approximate surface area is 126 Å². The fourth-order valence-corrected chi connectivity index (χ4v) is 3.59. The predicted molar refractivity (Wildman–Crippen MR) is 83.9 cm³/mol. The van der Waals surface area contributed by atoms with Crippen LogP contribution >= 0.6 is 11.6 Å². The molecule has 4 heteroatoms. The van der Waals surface area contributed by atoms with Crippen LogP contribution in [0, 0.1) is 0 Å². The highest BCUT2D eigenvalue weighted by atomic mass is 35.5. The van der Waals surface area contributed by atoms with Crippen molar-refractivity contribution in [2.45, 2.75) is 50.7 Å². The molecule has 112 valence electrons. The highest BCUT2D eigenvalue weighted by Gasteiger charge is 2.31. The standard InChI is InChI=1S/C16H25ClN2O/c1-12(18)16(13-5-4-6-14(17)11-13)19(9-10-20)15-7-2-3-8-15/h4-6,11-12,15-16,20H,2-3,7-10,18H2,1H3. The average molecular weight is 297 g/mol. The van der Waals surface area contributed by atoms with Crippen LogP contribution in [0.2, 0.25) is 5.02 Å². The molecule has 3 N–H and O–H groups in total. The van der Waals surface area contributed by atoms with Crippen molar-refractivity contribution in [1.82, 2.24) is 4.90 Å². The first kappa shape index (κ1) is 15.8. The normalized spacial score (nSPS) is 19.4. The van der Waals surface area contributed by atoms with Crippen LogP contribution in [0.15, 0.2) is 24.3 Å². The summed E-state index contributed by atoms with van der Waals surface area (Å²) in [6.07, 6.45) is 4.94. The first-order valence-corrected chi connectivity index (χ1v) is 7.89. The van der Waals surface area contributed by atoms with E-state index in [9.17, 15) is 5.11 Å². The molecule has 0 spiro atoms. The van der Waals surface area contributed by atoms with Gasteiger partial charge in [0.15, 0.2) is 0 Å². The highest BCUT2D eigenvalue weighted by Crippen LogP contribution is 2.33. The number of benzene rings is 1. The Hall–Kier alpha value is -0.610. The molecular weight excluding hydrogens is 272 g/mol. The number of aliphatic hydroxyl groups excluding tert-OH is 1. The zero-order valence-electron chi connectivity index (χ0n) is 12.1. The fourth-order valence-electron chi connectivity index (χ4n) is 3.39. The zero-order valence-corrected chi connectivity index (χ0v) is 12.9. The summed E-state index contributed by atoms with van der Waals surface area (Å²) in [5.74, 6) is 0. The van der Waals surface area contributed by atoms with Gasteiger partial charge in [0.2, 0.25) is 0 Å². The van der Waals surface area contributed by atoms with E-state index in [-0.39, 0.29) is 18.7 Å². The van der Waals surface area contributed by atoms with Crippen molar-refractivity contribution in [2.24, 2.45) is 5.73 Å². The monoisotopic (exact) mass is 296 g/mol. The molecule has 0 bridgehead atoms. The molecule has 0 aromatic heterocycles. The van der Waals surface area contributed by atoms with E-state index in [2.05, 4.69) is 11.0 Å². The third kappa shape index (κ3) is 3.73. The Morgan fingerprint density at radius 2 is 2.10 bits per heavy atom. The van der Waals surface area contributed by atoms with Crippen LogP contribution in [-0.2, 0) is 0 Å². The lowest BCUT2D eigenvalue weighted by Crippen LogP contribution is -2.45. The minimum Gasteiger partial charge on any atom is -0.395 e. The lowest BCUT2D eigenvalue weighted by molar-refractivity contribution is 0.0922. The number of nitrogens with two attached hydrogens (primary N) is 1. The van der Waals surface area contributed by atoms with Crippen LogP contribution < -0.4 is 5.73 Å². The minimum absolute atomic E-state index is 0.000571. The lowest BCUT2D eigenvalue weighted by Gasteiger charge is -2.38. The number of aliphatic hydroxyl groups is 1. The molecule has 2 unspecified atom stereocenters. The van der Waals surface area contributed by atoms with Crippen LogP contribution in [-0.4, -0.2) is 35.2 Å². The fraction of sp³-hybridized carbons (Fsp3) is 0.625. The summed E-state index contributed by atoms with van der Waals surface area (Å²) in [5.41, 5.74) is 7.40. The van der Waals surface area contributed by atoms with Crippen LogP contribution in [0.25, 0.3) is 0 Å². The van der Waals surface area contributed by atoms with Gasteiger partial charge in [0, 0.05) is 23.7 Å². The average Bonchev–Trinajstić information content (AvgIpc) is 2.91. The van der Waals surface area contributed by atoms with Gasteiger partial charge in [-0.3, -0.25) is 4.90 Å². The van der Waals surface area contributed by atoms with Gasteiger partial charge in [0.05, 0.1) is 12.6 Å². The molecule has 2 atom stereocenters. The van der Waals surface area contributed by atoms with Gasteiger partial charge in [0.25, 0.3) is 0 Å². The van der Waals surface area contributed by atoms with Gasteiger partial charge in [0.1, 0.15) is 0 Å². The molecule has 3 nitrogen and oxygen atoms in total. The van der Waals surface area contributed by atoms with Crippen molar-refractivity contribution < 1.29 is 5.11 Å². The molecular formula is C16H25ClN2O. The molecule has 20 heavy (non-hydrogen) atoms. The maximum Gasteiger partial charge on any atom is 0.0558 e. The van der Waals surface area contributed by atoms with E-state index >= 15 is 0 Å². The number of nitrogens with zero attached hydrogens (tertiary/aromatic N) is 1. The van der Waals surface area contributed by atoms with Crippen LogP contribution in [0.4, 0.5) is 0 Å². The Bertz CT molecular complexity index is 419. The smallest absolute Gasteiger partial charge is 0.0558 e. The van der Waals surface area contributed by atoms with Crippen molar-refractivity contribution >= 4 is 11.6 Å². The third-order valence-corrected chi connectivity index (χ3v) is 4.43. The Morgan fingerprint density at radius 1 is 1.40 bits per heavy atom. The first-order valence-electron chi connectivity index (χ1n) is 7.51. The third-order valence-electron chi connectivity index (χ3n) is 4.20. The van der Waals surface area contributed by atoms with Crippen molar-refractivity contribution in [3.63, 3.8) is 0 Å². The van der Waals surface area contributed by atoms with Crippen LogP contribution in [0.3, 0.4) is 0 Å². The van der Waals surface area contributed by atoms with Crippen molar-refractivity contribution in [3.05, 3.63) is 34.9 Å². The van der Waals surface area contributed by atoms with Gasteiger partial charge in [-0.2, -0.15) is 0 Å². The summed E-state index contributed by atoms with van der Waals surface area (Å²) >= 11 is 6.13. The van der Waals surface area contributed by atoms with Crippen molar-refractivity contribution in [3.8, 4) is 0 Å². The quantitative estimate of drug-likeness (QED) is 0.848. The predicted octanol–water partition coefficient (Wildman–Crippen LogP) is 2.97. The second kappa shape index (κ2) is 7.41. The molecule has 0 aliphatic heterocycles. The Kier molecular flexibility index (Phi) is 5.85. The highest BCUT2D eigenvalue weighted by molar-refractivity contribution is 6.30. The van der Waals surface area contributed by atoms with Gasteiger partial charge in [-0.05, 0) is 37.5 Å². The van der Waals surface area contributed by atoms with E-state index in [0.29, 0.717) is 12.6 Å². The molecule has 1 aliphatic carbocycles. The summed E-state index contributed by atoms with van der Waals surface area (Å²) in [5, 5.41) is 10.2. The van der Waals surface area contributed by atoms with E-state index in [0.717, 1.165) is 10.6 Å². The second-order valence-corrected chi connectivity index (χ2v) is 6.20. The molecule has 0 heterocycles. The lowest BCUT2D eigenvalue weighted by atomic mass is 9.97. The Balaban J connectivity index is 2.28. The van der Waals surface area contributed by atoms with Crippen molar-refractivity contribution in [1.29, 1.82) is 0 Å². The van der Waals surface area contributed by atoms with Gasteiger partial charge < -0.3 is 10.8 Å². The van der Waals surface area contributed by atoms with E-state index in [1.165, 1.54) is 25.7 Å².